The zero-order valence-electron chi connectivity index (χ0n) is 24.8. The molecule has 0 heterocycles. The topological polar surface area (TPSA) is 203 Å². The van der Waals surface area contributed by atoms with E-state index in [-0.39, 0.29) is 36.1 Å². The van der Waals surface area contributed by atoms with Crippen molar-refractivity contribution in [3.05, 3.63) is 58.7 Å². The van der Waals surface area contributed by atoms with Crippen molar-refractivity contribution in [3.63, 3.8) is 0 Å². The van der Waals surface area contributed by atoms with E-state index in [0.717, 1.165) is 0 Å². The molecule has 7 N–H and O–H groups in total. The summed E-state index contributed by atoms with van der Waals surface area (Å²) < 4.78 is 5.24. The van der Waals surface area contributed by atoms with Gasteiger partial charge in [0.25, 0.3) is 0 Å². The van der Waals surface area contributed by atoms with Crippen LogP contribution >= 0.6 is 0 Å². The number of nitrogens with zero attached hydrogens (tertiary/aromatic N) is 2. The van der Waals surface area contributed by atoms with Gasteiger partial charge in [-0.15, -0.1) is 0 Å². The lowest BCUT2D eigenvalue weighted by molar-refractivity contribution is -0.184. The van der Waals surface area contributed by atoms with Gasteiger partial charge >= 0.3 is 6.09 Å². The molecule has 5 rings (SSSR count). The Hall–Kier alpha value is -4.46. The third kappa shape index (κ3) is 4.77. The number of para-hydroxylation sites is 1. The quantitative estimate of drug-likeness (QED) is 0.249. The van der Waals surface area contributed by atoms with E-state index in [4.69, 9.17) is 10.5 Å². The van der Waals surface area contributed by atoms with Crippen LogP contribution in [0.1, 0.15) is 23.1 Å². The number of ether oxygens (including phenoxy) is 1. The molecule has 2 aromatic rings. The number of carbonyl (C=O) groups excluding carboxylic acids is 4. The van der Waals surface area contributed by atoms with Crippen LogP contribution < -0.4 is 20.7 Å². The highest BCUT2D eigenvalue weighted by molar-refractivity contribution is 6.25. The molecule has 2 unspecified atom stereocenters. The number of aromatic hydroxyl groups is 1. The summed E-state index contributed by atoms with van der Waals surface area (Å²) in [5.41, 5.74) is 3.70. The van der Waals surface area contributed by atoms with E-state index in [9.17, 15) is 39.6 Å². The fraction of sp³-hybridized carbons (Fsp3) is 0.419. The number of ketones is 2. The van der Waals surface area contributed by atoms with E-state index >= 15 is 0 Å². The average Bonchev–Trinajstić information content (AvgIpc) is 2.94. The Bertz CT molecular complexity index is 1570. The number of aliphatic hydroxyl groups is 3. The summed E-state index contributed by atoms with van der Waals surface area (Å²) in [6.45, 7) is -0.196. The van der Waals surface area contributed by atoms with Gasteiger partial charge in [-0.05, 0) is 56.6 Å². The summed E-state index contributed by atoms with van der Waals surface area (Å²) >= 11 is 0. The first-order chi connectivity index (χ1) is 20.7. The summed E-state index contributed by atoms with van der Waals surface area (Å²) in [4.78, 5) is 55.6. The molecule has 44 heavy (non-hydrogen) atoms. The standard InChI is InChI=1S/C31H36N4O9/c1-34(2)19-12-15(13-33-30(42)44-16-8-6-5-7-9-16)24(36)21-17(19)10-14-11-18-23(35(3)4)26(38)22(29(32)41)28(40)31(18,43)27(39)20(14)25(21)37/h5-9,12,14,18,22-23,26,36-38,43H,10-11,13H2,1-4H3,(H2,32,41)(H,33,42)/t14-,18-,22?,23-,26?,31-/m1/s1. The predicted octanol–water partition coefficient (Wildman–Crippen LogP) is 0.484. The van der Waals surface area contributed by atoms with Crippen LogP contribution in [0.25, 0.3) is 5.76 Å². The predicted molar refractivity (Wildman–Crippen MR) is 158 cm³/mol. The smallest absolute Gasteiger partial charge is 0.412 e. The molecule has 2 saturated carbocycles. The van der Waals surface area contributed by atoms with Gasteiger partial charge in [-0.1, -0.05) is 18.2 Å². The number of phenolic OH excluding ortho intramolecular Hbond substituents is 1. The third-order valence-electron chi connectivity index (χ3n) is 9.00. The van der Waals surface area contributed by atoms with Crippen molar-refractivity contribution < 1.29 is 44.3 Å². The van der Waals surface area contributed by atoms with Crippen LogP contribution in [0.15, 0.2) is 42.0 Å². The van der Waals surface area contributed by atoms with Crippen LogP contribution in [0.5, 0.6) is 11.5 Å². The molecule has 6 atom stereocenters. The van der Waals surface area contributed by atoms with Gasteiger partial charge in [-0.25, -0.2) is 4.79 Å². The Kier molecular flexibility index (Phi) is 7.91. The Morgan fingerprint density at radius 3 is 2.36 bits per heavy atom. The van der Waals surface area contributed by atoms with Gasteiger partial charge in [0.1, 0.15) is 23.2 Å². The lowest BCUT2D eigenvalue weighted by Crippen LogP contribution is -2.73. The molecule has 3 aliphatic rings. The lowest BCUT2D eigenvalue weighted by Gasteiger charge is -2.53. The first-order valence-electron chi connectivity index (χ1n) is 14.1. The molecule has 0 aliphatic heterocycles. The molecule has 0 aromatic heterocycles. The molecule has 0 bridgehead atoms. The summed E-state index contributed by atoms with van der Waals surface area (Å²) in [7, 11) is 6.71. The van der Waals surface area contributed by atoms with Crippen LogP contribution in [0.2, 0.25) is 0 Å². The maximum Gasteiger partial charge on any atom is 0.412 e. The number of hydrogen-bond donors (Lipinski definition) is 6. The Morgan fingerprint density at radius 2 is 1.77 bits per heavy atom. The SMILES string of the molecule is CN(C)c1cc(CNC(=O)Oc2ccccc2)c(O)c2c1C[C@@H]1C[C@@H]3[C@@H](N(C)C)C(O)C(C(N)=O)C(=O)[C@]3(O)C(=O)C1=C2O. The minimum Gasteiger partial charge on any atom is -0.507 e. The van der Waals surface area contributed by atoms with Crippen molar-refractivity contribution in [2.75, 3.05) is 33.1 Å². The molecule has 2 fully saturated rings. The minimum absolute atomic E-state index is 0.0144. The average molecular weight is 609 g/mol. The van der Waals surface area contributed by atoms with Gasteiger partial charge in [0.05, 0.1) is 11.7 Å². The Labute approximate surface area is 253 Å². The fourth-order valence-corrected chi connectivity index (χ4v) is 7.04. The van der Waals surface area contributed by atoms with Gasteiger partial charge in [0.15, 0.2) is 11.4 Å². The number of amides is 2. The van der Waals surface area contributed by atoms with Crippen molar-refractivity contribution in [2.24, 2.45) is 23.5 Å². The molecule has 13 nitrogen and oxygen atoms in total. The number of Topliss-reactive ketones (excluding diaryl/α,β-unsaturated/α-hetero) is 2. The lowest BCUT2D eigenvalue weighted by atomic mass is 9.54. The normalized spacial score (nSPS) is 27.8. The molecule has 13 heteroatoms. The molecule has 234 valence electrons. The molecule has 3 aliphatic carbocycles. The molecule has 0 spiro atoms. The zero-order chi connectivity index (χ0) is 32.2. The number of phenols is 1. The summed E-state index contributed by atoms with van der Waals surface area (Å²) in [6.07, 6.45) is -2.18. The van der Waals surface area contributed by atoms with Crippen LogP contribution in [0.3, 0.4) is 0 Å². The van der Waals surface area contributed by atoms with Crippen molar-refractivity contribution in [3.8, 4) is 11.5 Å². The monoisotopic (exact) mass is 608 g/mol. The number of benzene rings is 2. The van der Waals surface area contributed by atoms with Crippen molar-refractivity contribution in [1.29, 1.82) is 0 Å². The molecule has 0 radical (unpaired) electrons. The first-order valence-corrected chi connectivity index (χ1v) is 14.1. The number of rotatable bonds is 6. The Balaban J connectivity index is 1.57. The molecule has 2 aromatic carbocycles. The maximum atomic E-state index is 14.1. The fourth-order valence-electron chi connectivity index (χ4n) is 7.04. The Morgan fingerprint density at radius 1 is 1.11 bits per heavy atom. The van der Waals surface area contributed by atoms with Gasteiger partial charge in [-0.2, -0.15) is 0 Å². The minimum atomic E-state index is -2.74. The summed E-state index contributed by atoms with van der Waals surface area (Å²) in [5.74, 6) is -7.84. The summed E-state index contributed by atoms with van der Waals surface area (Å²) in [6, 6.07) is 9.06. The number of carbonyl (C=O) groups is 4. The molecular formula is C31H36N4O9. The highest BCUT2D eigenvalue weighted by Gasteiger charge is 2.67. The molecular weight excluding hydrogens is 572 g/mol. The van der Waals surface area contributed by atoms with Gasteiger partial charge in [0.2, 0.25) is 11.7 Å². The second-order valence-corrected chi connectivity index (χ2v) is 12.0. The first kappa shape index (κ1) is 31.0. The number of fused-ring (bicyclic) bond motifs is 3. The second kappa shape index (κ2) is 11.2. The molecule has 2 amide bonds. The van der Waals surface area contributed by atoms with Crippen molar-refractivity contribution in [1.82, 2.24) is 10.2 Å². The number of anilines is 1. The van der Waals surface area contributed by atoms with Crippen LogP contribution in [-0.4, -0.2) is 94.8 Å². The summed E-state index contributed by atoms with van der Waals surface area (Å²) in [5, 5.41) is 48.3. The van der Waals surface area contributed by atoms with Crippen LogP contribution in [0, 0.1) is 17.8 Å². The highest BCUT2D eigenvalue weighted by atomic mass is 16.6. The van der Waals surface area contributed by atoms with Crippen LogP contribution in [-0.2, 0) is 27.3 Å². The number of nitrogens with two attached hydrogens (primary N) is 1. The number of likely N-dealkylation sites (N-methyl/N-ethyl adjacent to an activating group) is 1. The highest BCUT2D eigenvalue weighted by Crippen LogP contribution is 2.53. The van der Waals surface area contributed by atoms with E-state index in [1.165, 1.54) is 0 Å². The number of aliphatic hydroxyl groups excluding tert-OH is 2. The van der Waals surface area contributed by atoms with E-state index in [1.54, 1.807) is 74.4 Å². The van der Waals surface area contributed by atoms with Crippen molar-refractivity contribution >= 4 is 35.0 Å². The second-order valence-electron chi connectivity index (χ2n) is 12.0. The number of nitrogens with one attached hydrogen (secondary N) is 1. The maximum absolute atomic E-state index is 14.1. The molecule has 0 saturated heterocycles. The van der Waals surface area contributed by atoms with Gasteiger partial charge in [0, 0.05) is 49.4 Å². The van der Waals surface area contributed by atoms with E-state index in [2.05, 4.69) is 5.32 Å². The van der Waals surface area contributed by atoms with Gasteiger partial charge in [-0.3, -0.25) is 14.4 Å². The van der Waals surface area contributed by atoms with Crippen LogP contribution in [0.4, 0.5) is 10.5 Å². The zero-order valence-corrected chi connectivity index (χ0v) is 24.8. The van der Waals surface area contributed by atoms with E-state index in [1.807, 2.05) is 0 Å². The van der Waals surface area contributed by atoms with E-state index in [0.29, 0.717) is 17.0 Å². The third-order valence-corrected chi connectivity index (χ3v) is 9.00. The number of primary amides is 1. The largest absolute Gasteiger partial charge is 0.507 e. The van der Waals surface area contributed by atoms with E-state index < -0.39 is 70.6 Å². The van der Waals surface area contributed by atoms with Gasteiger partial charge < -0.3 is 46.0 Å². The number of hydrogen-bond acceptors (Lipinski definition) is 11. The van der Waals surface area contributed by atoms with Crippen molar-refractivity contribution in [2.45, 2.75) is 37.1 Å².